The van der Waals surface area contributed by atoms with Crippen LogP contribution in [-0.4, -0.2) is 42.4 Å². The van der Waals surface area contributed by atoms with Crippen molar-refractivity contribution in [1.29, 1.82) is 0 Å². The third-order valence-corrected chi connectivity index (χ3v) is 4.02. The number of hydrogen-bond donors (Lipinski definition) is 3. The van der Waals surface area contributed by atoms with Crippen LogP contribution >= 0.6 is 0 Å². The Morgan fingerprint density at radius 1 is 1.35 bits per heavy atom. The second-order valence-corrected chi connectivity index (χ2v) is 5.27. The number of Topliss-reactive ketones (excluding diaryl/α,β-unsaturated/α-hetero) is 1. The van der Waals surface area contributed by atoms with Gasteiger partial charge in [0.05, 0.1) is 13.1 Å². The Bertz CT molecular complexity index is 662. The summed E-state index contributed by atoms with van der Waals surface area (Å²) in [6.45, 7) is 3.70. The zero-order valence-electron chi connectivity index (χ0n) is 11.4. The minimum absolute atomic E-state index is 0.0184. The van der Waals surface area contributed by atoms with Crippen molar-refractivity contribution in [2.75, 3.05) is 19.6 Å². The van der Waals surface area contributed by atoms with Gasteiger partial charge in [0, 0.05) is 22.7 Å². The Morgan fingerprint density at radius 3 is 2.95 bits per heavy atom. The summed E-state index contributed by atoms with van der Waals surface area (Å²) < 4.78 is 0. The van der Waals surface area contributed by atoms with E-state index in [0.29, 0.717) is 18.7 Å². The third kappa shape index (κ3) is 2.20. The van der Waals surface area contributed by atoms with Crippen LogP contribution in [0.4, 0.5) is 0 Å². The Labute approximate surface area is 117 Å². The fourth-order valence-corrected chi connectivity index (χ4v) is 2.78. The number of quaternary nitrogens is 1. The van der Waals surface area contributed by atoms with Gasteiger partial charge in [-0.1, -0.05) is 18.2 Å². The molecule has 2 aromatic rings. The molecule has 1 amide bonds. The molecule has 1 saturated heterocycles. The normalized spacial score (nSPS) is 20.6. The number of H-pyrrole nitrogens is 1. The molecule has 1 aromatic heterocycles. The average molecular weight is 272 g/mol. The van der Waals surface area contributed by atoms with Crippen molar-refractivity contribution >= 4 is 22.6 Å². The molecule has 3 rings (SSSR count). The number of piperazine rings is 1. The molecule has 20 heavy (non-hydrogen) atoms. The van der Waals surface area contributed by atoms with E-state index in [0.717, 1.165) is 22.3 Å². The quantitative estimate of drug-likeness (QED) is 0.675. The smallest absolute Gasteiger partial charge is 0.275 e. The Kier molecular flexibility index (Phi) is 3.28. The van der Waals surface area contributed by atoms with Gasteiger partial charge < -0.3 is 15.2 Å². The van der Waals surface area contributed by atoms with E-state index in [2.05, 4.69) is 10.3 Å². The fourth-order valence-electron chi connectivity index (χ4n) is 2.78. The number of amides is 1. The lowest BCUT2D eigenvalue weighted by Crippen LogP contribution is -3.19. The van der Waals surface area contributed by atoms with Crippen LogP contribution < -0.4 is 10.2 Å². The Morgan fingerprint density at radius 2 is 2.15 bits per heavy atom. The van der Waals surface area contributed by atoms with Crippen molar-refractivity contribution < 1.29 is 14.5 Å². The van der Waals surface area contributed by atoms with Gasteiger partial charge in [-0.3, -0.25) is 9.59 Å². The van der Waals surface area contributed by atoms with E-state index >= 15 is 0 Å². The number of rotatable bonds is 3. The maximum Gasteiger partial charge on any atom is 0.275 e. The first-order chi connectivity index (χ1) is 9.66. The topological polar surface area (TPSA) is 66.4 Å². The van der Waals surface area contributed by atoms with Gasteiger partial charge in [-0.2, -0.15) is 0 Å². The lowest BCUT2D eigenvalue weighted by Gasteiger charge is -2.28. The van der Waals surface area contributed by atoms with Gasteiger partial charge in [-0.15, -0.1) is 0 Å². The number of hydrogen-bond acceptors (Lipinski definition) is 2. The molecule has 104 valence electrons. The van der Waals surface area contributed by atoms with Gasteiger partial charge in [0.1, 0.15) is 6.04 Å². The van der Waals surface area contributed by atoms with Crippen molar-refractivity contribution in [3.8, 4) is 0 Å². The zero-order valence-corrected chi connectivity index (χ0v) is 11.4. The number of ketones is 1. The fraction of sp³-hybridized carbons (Fsp3) is 0.333. The van der Waals surface area contributed by atoms with E-state index in [1.807, 2.05) is 31.2 Å². The molecule has 0 saturated carbocycles. The van der Waals surface area contributed by atoms with Gasteiger partial charge in [-0.25, -0.2) is 0 Å². The van der Waals surface area contributed by atoms with Crippen LogP contribution in [0.5, 0.6) is 0 Å². The highest BCUT2D eigenvalue weighted by molar-refractivity contribution is 6.09. The predicted molar refractivity (Wildman–Crippen MR) is 75.8 cm³/mol. The van der Waals surface area contributed by atoms with Crippen LogP contribution in [0.2, 0.25) is 0 Å². The number of nitrogens with one attached hydrogen (secondary N) is 3. The van der Waals surface area contributed by atoms with Crippen LogP contribution in [0, 0.1) is 0 Å². The number of fused-ring (bicyclic) bond motifs is 1. The maximum absolute atomic E-state index is 12.7. The lowest BCUT2D eigenvalue weighted by atomic mass is 10.0. The first kappa shape index (κ1) is 12.9. The zero-order chi connectivity index (χ0) is 14.1. The molecular formula is C15H18N3O2+. The van der Waals surface area contributed by atoms with Gasteiger partial charge >= 0.3 is 0 Å². The van der Waals surface area contributed by atoms with E-state index in [4.69, 9.17) is 0 Å². The molecule has 0 aliphatic carbocycles. The lowest BCUT2D eigenvalue weighted by molar-refractivity contribution is -0.907. The number of benzene rings is 1. The van der Waals surface area contributed by atoms with E-state index in [1.165, 1.54) is 0 Å². The van der Waals surface area contributed by atoms with E-state index in [1.54, 1.807) is 6.20 Å². The molecule has 0 bridgehead atoms. The maximum atomic E-state index is 12.7. The number of carbonyl (C=O) groups is 2. The van der Waals surface area contributed by atoms with Crippen LogP contribution in [0.1, 0.15) is 17.3 Å². The average Bonchev–Trinajstić information content (AvgIpc) is 2.89. The number of aromatic nitrogens is 1. The van der Waals surface area contributed by atoms with Crippen LogP contribution in [0.15, 0.2) is 30.5 Å². The highest BCUT2D eigenvalue weighted by Gasteiger charge is 2.31. The van der Waals surface area contributed by atoms with Crippen molar-refractivity contribution in [3.63, 3.8) is 0 Å². The molecule has 0 spiro atoms. The molecule has 3 N–H and O–H groups in total. The van der Waals surface area contributed by atoms with Crippen LogP contribution in [-0.2, 0) is 4.79 Å². The van der Waals surface area contributed by atoms with Gasteiger partial charge in [0.15, 0.2) is 6.54 Å². The summed E-state index contributed by atoms with van der Waals surface area (Å²) in [6, 6.07) is 7.57. The van der Waals surface area contributed by atoms with Crippen molar-refractivity contribution in [1.82, 2.24) is 10.3 Å². The standard InChI is InChI=1S/C15H17N3O2/c1-10(18-7-6-16-14(19)9-18)15(20)12-8-17-13-5-3-2-4-11(12)13/h2-5,8,10,17H,6-7,9H2,1H3,(H,16,19)/p+1/t10-/m0/s1. The second kappa shape index (κ2) is 5.09. The van der Waals surface area contributed by atoms with Gasteiger partial charge in [-0.05, 0) is 13.0 Å². The Balaban J connectivity index is 1.86. The molecule has 1 unspecified atom stereocenters. The molecule has 1 aliphatic heterocycles. The summed E-state index contributed by atoms with van der Waals surface area (Å²) in [7, 11) is 0. The summed E-state index contributed by atoms with van der Waals surface area (Å²) in [4.78, 5) is 28.3. The highest BCUT2D eigenvalue weighted by Crippen LogP contribution is 2.18. The summed E-state index contributed by atoms with van der Waals surface area (Å²) in [6.07, 6.45) is 1.77. The number of carbonyl (C=O) groups excluding carboxylic acids is 2. The summed E-state index contributed by atoms with van der Waals surface area (Å²) >= 11 is 0. The molecule has 5 heteroatoms. The molecule has 1 aliphatic rings. The van der Waals surface area contributed by atoms with E-state index in [9.17, 15) is 9.59 Å². The molecule has 2 atom stereocenters. The molecule has 0 radical (unpaired) electrons. The minimum atomic E-state index is -0.208. The van der Waals surface area contributed by atoms with Crippen LogP contribution in [0.25, 0.3) is 10.9 Å². The molecule has 1 fully saturated rings. The summed E-state index contributed by atoms with van der Waals surface area (Å²) in [5.74, 6) is 0.108. The number of para-hydroxylation sites is 1. The van der Waals surface area contributed by atoms with Crippen molar-refractivity contribution in [2.45, 2.75) is 13.0 Å². The van der Waals surface area contributed by atoms with Crippen molar-refractivity contribution in [3.05, 3.63) is 36.0 Å². The van der Waals surface area contributed by atoms with E-state index in [-0.39, 0.29) is 17.7 Å². The SMILES string of the molecule is C[C@@H](C(=O)c1c[nH]c2ccccc12)[NH+]1CCNC(=O)C1. The second-order valence-electron chi connectivity index (χ2n) is 5.27. The van der Waals surface area contributed by atoms with Crippen LogP contribution in [0.3, 0.4) is 0 Å². The summed E-state index contributed by atoms with van der Waals surface area (Å²) in [5.41, 5.74) is 1.68. The largest absolute Gasteiger partial charge is 0.360 e. The minimum Gasteiger partial charge on any atom is -0.360 e. The molecule has 1 aromatic carbocycles. The van der Waals surface area contributed by atoms with E-state index < -0.39 is 0 Å². The van der Waals surface area contributed by atoms with Gasteiger partial charge in [0.2, 0.25) is 5.78 Å². The number of aromatic amines is 1. The first-order valence-corrected chi connectivity index (χ1v) is 6.88. The molecule has 5 nitrogen and oxygen atoms in total. The predicted octanol–water partition coefficient (Wildman–Crippen LogP) is -0.246. The summed E-state index contributed by atoms with van der Waals surface area (Å²) in [5, 5.41) is 3.74. The highest BCUT2D eigenvalue weighted by atomic mass is 16.2. The first-order valence-electron chi connectivity index (χ1n) is 6.88. The third-order valence-electron chi connectivity index (χ3n) is 4.02. The monoisotopic (exact) mass is 272 g/mol. The molecule has 2 heterocycles. The van der Waals surface area contributed by atoms with Crippen molar-refractivity contribution in [2.24, 2.45) is 0 Å². The molecular weight excluding hydrogens is 254 g/mol. The Hall–Kier alpha value is -2.14. The van der Waals surface area contributed by atoms with Gasteiger partial charge in [0.25, 0.3) is 5.91 Å².